The molecule has 0 amide bonds. The third kappa shape index (κ3) is 1.83. The van der Waals surface area contributed by atoms with Gasteiger partial charge in [-0.2, -0.15) is 0 Å². The lowest BCUT2D eigenvalue weighted by Crippen LogP contribution is -2.38. The van der Waals surface area contributed by atoms with Gasteiger partial charge in [-0.3, -0.25) is 13.9 Å². The van der Waals surface area contributed by atoms with Crippen molar-refractivity contribution in [1.82, 2.24) is 14.1 Å². The lowest BCUT2D eigenvalue weighted by Gasteiger charge is -2.19. The highest BCUT2D eigenvalue weighted by Crippen LogP contribution is 2.25. The molecule has 6 heteroatoms. The smallest absolute Gasteiger partial charge is 0.332 e. The van der Waals surface area contributed by atoms with Gasteiger partial charge in [-0.25, -0.2) is 9.78 Å². The molecule has 0 spiro atoms. The maximum Gasteiger partial charge on any atom is 0.332 e. The number of hydrogen-bond donors (Lipinski definition) is 0. The van der Waals surface area contributed by atoms with E-state index in [2.05, 4.69) is 4.98 Å². The minimum Gasteiger partial charge on any atom is -0.377 e. The van der Waals surface area contributed by atoms with Crippen molar-refractivity contribution in [3.8, 4) is 0 Å². The average Bonchev–Trinajstić information content (AvgIpc) is 2.40. The number of hydrogen-bond acceptors (Lipinski definition) is 4. The van der Waals surface area contributed by atoms with Crippen molar-refractivity contribution in [2.75, 3.05) is 19.0 Å². The Morgan fingerprint density at radius 1 is 1.21 bits per heavy atom. The molecule has 0 N–H and O–H groups in total. The molecule has 0 radical (unpaired) electrons. The van der Waals surface area contributed by atoms with E-state index < -0.39 is 0 Å². The van der Waals surface area contributed by atoms with E-state index in [1.807, 2.05) is 25.9 Å². The summed E-state index contributed by atoms with van der Waals surface area (Å²) in [5.74, 6) is 0. The molecule has 2 aromatic heterocycles. The lowest BCUT2D eigenvalue weighted by atomic mass is 10.1. The van der Waals surface area contributed by atoms with E-state index in [1.54, 1.807) is 13.2 Å². The third-order valence-electron chi connectivity index (χ3n) is 3.35. The van der Waals surface area contributed by atoms with Crippen molar-refractivity contribution in [2.24, 2.45) is 14.1 Å². The molecule has 6 nitrogen and oxygen atoms in total. The molecule has 0 saturated heterocycles. The number of aromatic nitrogens is 3. The molecule has 0 bridgehead atoms. The second kappa shape index (κ2) is 4.53. The van der Waals surface area contributed by atoms with Crippen LogP contribution in [0.2, 0.25) is 0 Å². The van der Waals surface area contributed by atoms with Crippen LogP contribution in [0.5, 0.6) is 0 Å². The second-order valence-corrected chi connectivity index (χ2v) is 4.78. The van der Waals surface area contributed by atoms with Gasteiger partial charge in [-0.15, -0.1) is 0 Å². The fourth-order valence-corrected chi connectivity index (χ4v) is 2.32. The van der Waals surface area contributed by atoms with Crippen LogP contribution in [0.25, 0.3) is 11.0 Å². The highest BCUT2D eigenvalue weighted by molar-refractivity contribution is 5.90. The Labute approximate surface area is 110 Å². The fourth-order valence-electron chi connectivity index (χ4n) is 2.32. The van der Waals surface area contributed by atoms with Crippen molar-refractivity contribution < 1.29 is 0 Å². The summed E-state index contributed by atoms with van der Waals surface area (Å²) in [6.45, 7) is 2.02. The highest BCUT2D eigenvalue weighted by Gasteiger charge is 2.17. The first-order chi connectivity index (χ1) is 8.90. The summed E-state index contributed by atoms with van der Waals surface area (Å²) in [5.41, 5.74) is 1.59. The van der Waals surface area contributed by atoms with Gasteiger partial charge in [0.15, 0.2) is 5.65 Å². The van der Waals surface area contributed by atoms with Crippen molar-refractivity contribution in [2.45, 2.75) is 13.3 Å². The summed E-state index contributed by atoms with van der Waals surface area (Å²) >= 11 is 0. The van der Waals surface area contributed by atoms with Gasteiger partial charge in [-0.1, -0.05) is 6.92 Å². The Morgan fingerprint density at radius 2 is 1.84 bits per heavy atom. The second-order valence-electron chi connectivity index (χ2n) is 4.78. The van der Waals surface area contributed by atoms with Crippen LogP contribution in [0, 0.1) is 0 Å². The minimum atomic E-state index is -0.362. The molecule has 2 aromatic rings. The van der Waals surface area contributed by atoms with Crippen molar-refractivity contribution in [1.29, 1.82) is 0 Å². The molecule has 0 unspecified atom stereocenters. The SMILES string of the molecule is CCc1cnc2c(c1N(C)C)c(=O)n(C)c(=O)n2C. The van der Waals surface area contributed by atoms with E-state index in [1.165, 1.54) is 11.6 Å². The minimum absolute atomic E-state index is 0.301. The topological polar surface area (TPSA) is 60.1 Å². The van der Waals surface area contributed by atoms with Gasteiger partial charge >= 0.3 is 5.69 Å². The standard InChI is InChI=1S/C13H18N4O2/c1-6-8-7-14-11-9(10(8)15(2)3)12(18)17(5)13(19)16(11)4/h7H,6H2,1-5H3. The van der Waals surface area contributed by atoms with Crippen molar-refractivity contribution in [3.63, 3.8) is 0 Å². The Morgan fingerprint density at radius 3 is 2.37 bits per heavy atom. The average molecular weight is 262 g/mol. The summed E-state index contributed by atoms with van der Waals surface area (Å²) in [6, 6.07) is 0. The van der Waals surface area contributed by atoms with Gasteiger partial charge in [0, 0.05) is 34.4 Å². The molecule has 0 aliphatic rings. The predicted octanol–water partition coefficient (Wildman–Crippen LogP) is 0.261. The van der Waals surface area contributed by atoms with E-state index in [9.17, 15) is 9.59 Å². The van der Waals surface area contributed by atoms with Crippen LogP contribution in [0.1, 0.15) is 12.5 Å². The number of anilines is 1. The first kappa shape index (κ1) is 13.3. The third-order valence-corrected chi connectivity index (χ3v) is 3.35. The van der Waals surface area contributed by atoms with E-state index in [0.717, 1.165) is 22.2 Å². The molecule has 0 atom stereocenters. The quantitative estimate of drug-likeness (QED) is 0.779. The van der Waals surface area contributed by atoms with Gasteiger partial charge in [0.25, 0.3) is 5.56 Å². The van der Waals surface area contributed by atoms with Crippen LogP contribution in [0.4, 0.5) is 5.69 Å². The van der Waals surface area contributed by atoms with Crippen LogP contribution in [-0.2, 0) is 20.5 Å². The molecule has 0 aliphatic heterocycles. The predicted molar refractivity (Wildman–Crippen MR) is 75.9 cm³/mol. The monoisotopic (exact) mass is 262 g/mol. The van der Waals surface area contributed by atoms with Gasteiger partial charge in [0.1, 0.15) is 5.39 Å². The Hall–Kier alpha value is -2.11. The van der Waals surface area contributed by atoms with Crippen LogP contribution in [-0.4, -0.2) is 28.2 Å². The molecule has 2 rings (SSSR count). The van der Waals surface area contributed by atoms with Gasteiger partial charge in [0.2, 0.25) is 0 Å². The van der Waals surface area contributed by atoms with E-state index in [4.69, 9.17) is 0 Å². The van der Waals surface area contributed by atoms with E-state index >= 15 is 0 Å². The van der Waals surface area contributed by atoms with Crippen LogP contribution < -0.4 is 16.1 Å². The van der Waals surface area contributed by atoms with Gasteiger partial charge in [0.05, 0.1) is 5.69 Å². The molecule has 19 heavy (non-hydrogen) atoms. The zero-order chi connectivity index (χ0) is 14.3. The highest BCUT2D eigenvalue weighted by atomic mass is 16.2. The number of rotatable bonds is 2. The fraction of sp³-hybridized carbons (Fsp3) is 0.462. The normalized spacial score (nSPS) is 11.0. The van der Waals surface area contributed by atoms with Crippen molar-refractivity contribution in [3.05, 3.63) is 32.6 Å². The molecule has 0 fully saturated rings. The van der Waals surface area contributed by atoms with E-state index in [-0.39, 0.29) is 11.2 Å². The maximum absolute atomic E-state index is 12.4. The molecule has 0 aliphatic carbocycles. The van der Waals surface area contributed by atoms with Crippen LogP contribution >= 0.6 is 0 Å². The lowest BCUT2D eigenvalue weighted by molar-refractivity contribution is 0.707. The molecule has 0 saturated carbocycles. The number of pyridine rings is 1. The maximum atomic E-state index is 12.4. The van der Waals surface area contributed by atoms with Crippen molar-refractivity contribution >= 4 is 16.7 Å². The summed E-state index contributed by atoms with van der Waals surface area (Å²) in [4.78, 5) is 30.5. The molecular weight excluding hydrogens is 244 g/mol. The molecule has 0 aromatic carbocycles. The number of nitrogens with zero attached hydrogens (tertiary/aromatic N) is 4. The molecule has 102 valence electrons. The molecule has 2 heterocycles. The summed E-state index contributed by atoms with van der Waals surface area (Å²) in [7, 11) is 6.89. The Kier molecular flexibility index (Phi) is 3.18. The zero-order valence-corrected chi connectivity index (χ0v) is 11.9. The summed E-state index contributed by atoms with van der Waals surface area (Å²) < 4.78 is 2.53. The van der Waals surface area contributed by atoms with Gasteiger partial charge in [-0.05, 0) is 12.0 Å². The number of aryl methyl sites for hydroxylation is 2. The summed E-state index contributed by atoms with van der Waals surface area (Å²) in [5, 5.41) is 0.494. The first-order valence-corrected chi connectivity index (χ1v) is 6.15. The zero-order valence-electron chi connectivity index (χ0n) is 11.9. The summed E-state index contributed by atoms with van der Waals surface area (Å²) in [6.07, 6.45) is 2.51. The largest absolute Gasteiger partial charge is 0.377 e. The Bertz CT molecular complexity index is 756. The van der Waals surface area contributed by atoms with Crippen LogP contribution in [0.15, 0.2) is 15.8 Å². The number of fused-ring (bicyclic) bond motifs is 1. The Balaban J connectivity index is 3.14. The van der Waals surface area contributed by atoms with Crippen LogP contribution in [0.3, 0.4) is 0 Å². The molecular formula is C13H18N4O2. The van der Waals surface area contributed by atoms with E-state index in [0.29, 0.717) is 11.0 Å². The first-order valence-electron chi connectivity index (χ1n) is 6.15. The van der Waals surface area contributed by atoms with Gasteiger partial charge < -0.3 is 4.90 Å².